The van der Waals surface area contributed by atoms with Crippen LogP contribution in [0.2, 0.25) is 0 Å². The van der Waals surface area contributed by atoms with E-state index in [0.717, 1.165) is 27.2 Å². The summed E-state index contributed by atoms with van der Waals surface area (Å²) in [6.07, 6.45) is 3.76. The van der Waals surface area contributed by atoms with Crippen molar-refractivity contribution in [3.8, 4) is 10.6 Å². The van der Waals surface area contributed by atoms with E-state index in [9.17, 15) is 9.18 Å². The van der Waals surface area contributed by atoms with Gasteiger partial charge in [0.05, 0.1) is 6.42 Å². The van der Waals surface area contributed by atoms with Gasteiger partial charge in [-0.1, -0.05) is 12.1 Å². The van der Waals surface area contributed by atoms with Gasteiger partial charge in [-0.3, -0.25) is 4.79 Å². The second-order valence-electron chi connectivity index (χ2n) is 5.49. The van der Waals surface area contributed by atoms with E-state index in [-0.39, 0.29) is 18.1 Å². The number of anilines is 1. The number of carbonyl (C=O) groups excluding carboxylic acids is 1. The Balaban J connectivity index is 1.49. The zero-order valence-electron chi connectivity index (χ0n) is 13.0. The highest BCUT2D eigenvalue weighted by atomic mass is 32.1. The molecule has 124 valence electrons. The average Bonchev–Trinajstić information content (AvgIpc) is 3.23. The number of aromatic amines is 1. The minimum absolute atomic E-state index is 0.171. The van der Waals surface area contributed by atoms with Crippen LogP contribution in [0.25, 0.3) is 21.6 Å². The molecule has 0 unspecified atom stereocenters. The predicted octanol–water partition coefficient (Wildman–Crippen LogP) is 4.01. The molecular formula is C18H13FN4OS. The number of fused-ring (bicyclic) bond motifs is 1. The first-order chi connectivity index (χ1) is 12.2. The van der Waals surface area contributed by atoms with Gasteiger partial charge < -0.3 is 10.3 Å². The van der Waals surface area contributed by atoms with Crippen molar-refractivity contribution in [3.63, 3.8) is 0 Å². The van der Waals surface area contributed by atoms with Gasteiger partial charge >= 0.3 is 0 Å². The number of amides is 1. The summed E-state index contributed by atoms with van der Waals surface area (Å²) in [7, 11) is 0. The predicted molar refractivity (Wildman–Crippen MR) is 95.9 cm³/mol. The quantitative estimate of drug-likeness (QED) is 0.583. The van der Waals surface area contributed by atoms with Crippen molar-refractivity contribution in [2.24, 2.45) is 0 Å². The molecule has 7 heteroatoms. The number of rotatable bonds is 4. The van der Waals surface area contributed by atoms with Crippen LogP contribution in [0, 0.1) is 5.82 Å². The molecule has 0 bridgehead atoms. The number of thiazole rings is 1. The maximum Gasteiger partial charge on any atom is 0.229 e. The minimum atomic E-state index is -0.318. The van der Waals surface area contributed by atoms with Gasteiger partial charge in [-0.05, 0) is 29.8 Å². The lowest BCUT2D eigenvalue weighted by molar-refractivity contribution is -0.115. The molecule has 3 aromatic heterocycles. The molecule has 4 rings (SSSR count). The van der Waals surface area contributed by atoms with Crippen LogP contribution in [0.4, 0.5) is 10.2 Å². The Morgan fingerprint density at radius 1 is 1.24 bits per heavy atom. The third-order valence-corrected chi connectivity index (χ3v) is 4.61. The first-order valence-corrected chi connectivity index (χ1v) is 8.49. The van der Waals surface area contributed by atoms with Gasteiger partial charge in [-0.2, -0.15) is 0 Å². The van der Waals surface area contributed by atoms with Crippen LogP contribution in [0.1, 0.15) is 5.56 Å². The standard InChI is InChI=1S/C18H13FN4OS/c19-12-5-3-11(4-6-12)8-16(24)22-15-10-25-18(23-15)14-9-21-17-13(14)2-1-7-20-17/h1-7,9-10H,8H2,(H,20,21)(H,22,24). The molecule has 1 aromatic carbocycles. The summed E-state index contributed by atoms with van der Waals surface area (Å²) < 4.78 is 12.9. The molecule has 0 aliphatic heterocycles. The third-order valence-electron chi connectivity index (χ3n) is 3.73. The highest BCUT2D eigenvalue weighted by Gasteiger charge is 2.12. The molecule has 4 aromatic rings. The molecule has 0 saturated heterocycles. The smallest absolute Gasteiger partial charge is 0.229 e. The van der Waals surface area contributed by atoms with E-state index < -0.39 is 0 Å². The number of halogens is 1. The number of pyridine rings is 1. The van der Waals surface area contributed by atoms with E-state index in [1.165, 1.54) is 23.5 Å². The lowest BCUT2D eigenvalue weighted by atomic mass is 10.1. The molecule has 0 radical (unpaired) electrons. The molecule has 0 atom stereocenters. The van der Waals surface area contributed by atoms with E-state index >= 15 is 0 Å². The molecule has 5 nitrogen and oxygen atoms in total. The van der Waals surface area contributed by atoms with E-state index in [0.29, 0.717) is 5.82 Å². The number of nitrogens with zero attached hydrogens (tertiary/aromatic N) is 2. The Bertz CT molecular complexity index is 1040. The summed E-state index contributed by atoms with van der Waals surface area (Å²) in [5.74, 6) is -0.00377. The number of benzene rings is 1. The molecule has 0 aliphatic rings. The SMILES string of the molecule is O=C(Cc1ccc(F)cc1)Nc1csc(-c2c[nH]c3ncccc23)n1. The molecule has 0 fully saturated rings. The van der Waals surface area contributed by atoms with Crippen LogP contribution in [0.15, 0.2) is 54.2 Å². The lowest BCUT2D eigenvalue weighted by Crippen LogP contribution is -2.14. The highest BCUT2D eigenvalue weighted by Crippen LogP contribution is 2.31. The summed E-state index contributed by atoms with van der Waals surface area (Å²) in [5.41, 5.74) is 2.50. The Morgan fingerprint density at radius 2 is 2.08 bits per heavy atom. The number of aromatic nitrogens is 3. The summed E-state index contributed by atoms with van der Waals surface area (Å²) in [5, 5.41) is 6.36. The van der Waals surface area contributed by atoms with Crippen LogP contribution in [-0.4, -0.2) is 20.9 Å². The van der Waals surface area contributed by atoms with Gasteiger partial charge in [0.25, 0.3) is 0 Å². The number of hydrogen-bond acceptors (Lipinski definition) is 4. The van der Waals surface area contributed by atoms with Gasteiger partial charge in [-0.15, -0.1) is 11.3 Å². The van der Waals surface area contributed by atoms with Crippen molar-refractivity contribution in [1.29, 1.82) is 0 Å². The van der Waals surface area contributed by atoms with Crippen molar-refractivity contribution in [3.05, 3.63) is 65.6 Å². The summed E-state index contributed by atoms with van der Waals surface area (Å²) in [4.78, 5) is 24.0. The molecular weight excluding hydrogens is 339 g/mol. The second-order valence-corrected chi connectivity index (χ2v) is 6.35. The normalized spacial score (nSPS) is 10.9. The molecule has 1 amide bonds. The summed E-state index contributed by atoms with van der Waals surface area (Å²) >= 11 is 1.45. The van der Waals surface area contributed by atoms with E-state index in [4.69, 9.17) is 0 Å². The van der Waals surface area contributed by atoms with E-state index in [1.54, 1.807) is 23.7 Å². The molecule has 0 saturated carbocycles. The molecule has 2 N–H and O–H groups in total. The fraction of sp³-hybridized carbons (Fsp3) is 0.0556. The highest BCUT2D eigenvalue weighted by molar-refractivity contribution is 7.13. The summed E-state index contributed by atoms with van der Waals surface area (Å²) in [6, 6.07) is 9.73. The second kappa shape index (κ2) is 6.45. The number of carbonyl (C=O) groups is 1. The molecule has 3 heterocycles. The topological polar surface area (TPSA) is 70.7 Å². The molecule has 25 heavy (non-hydrogen) atoms. The van der Waals surface area contributed by atoms with Crippen molar-refractivity contribution >= 4 is 34.1 Å². The first-order valence-electron chi connectivity index (χ1n) is 7.61. The number of nitrogens with one attached hydrogen (secondary N) is 2. The zero-order chi connectivity index (χ0) is 17.2. The fourth-order valence-electron chi connectivity index (χ4n) is 2.56. The fourth-order valence-corrected chi connectivity index (χ4v) is 3.34. The Kier molecular flexibility index (Phi) is 3.99. The summed E-state index contributed by atoms with van der Waals surface area (Å²) in [6.45, 7) is 0. The van der Waals surface area contributed by atoms with Gasteiger partial charge in [0.15, 0.2) is 0 Å². The van der Waals surface area contributed by atoms with Gasteiger partial charge in [-0.25, -0.2) is 14.4 Å². The van der Waals surface area contributed by atoms with Crippen LogP contribution >= 0.6 is 11.3 Å². The lowest BCUT2D eigenvalue weighted by Gasteiger charge is -2.02. The average molecular weight is 352 g/mol. The van der Waals surface area contributed by atoms with Crippen molar-refractivity contribution in [2.45, 2.75) is 6.42 Å². The van der Waals surface area contributed by atoms with Crippen molar-refractivity contribution in [1.82, 2.24) is 15.0 Å². The maximum atomic E-state index is 12.9. The monoisotopic (exact) mass is 352 g/mol. The van der Waals surface area contributed by atoms with E-state index in [2.05, 4.69) is 20.3 Å². The number of H-pyrrole nitrogens is 1. The van der Waals surface area contributed by atoms with Crippen molar-refractivity contribution in [2.75, 3.05) is 5.32 Å². The molecule has 0 aliphatic carbocycles. The van der Waals surface area contributed by atoms with Gasteiger partial charge in [0.1, 0.15) is 22.3 Å². The zero-order valence-corrected chi connectivity index (χ0v) is 13.8. The largest absolute Gasteiger partial charge is 0.345 e. The maximum absolute atomic E-state index is 12.9. The van der Waals surface area contributed by atoms with Gasteiger partial charge in [0.2, 0.25) is 5.91 Å². The molecule has 0 spiro atoms. The van der Waals surface area contributed by atoms with E-state index in [1.807, 2.05) is 18.3 Å². The van der Waals surface area contributed by atoms with Gasteiger partial charge in [0, 0.05) is 28.7 Å². The minimum Gasteiger partial charge on any atom is -0.345 e. The van der Waals surface area contributed by atoms with Crippen LogP contribution in [-0.2, 0) is 11.2 Å². The Labute approximate surface area is 146 Å². The first kappa shape index (κ1) is 15.5. The Hall–Kier alpha value is -3.06. The van der Waals surface area contributed by atoms with Crippen molar-refractivity contribution < 1.29 is 9.18 Å². The van der Waals surface area contributed by atoms with Crippen LogP contribution in [0.5, 0.6) is 0 Å². The van der Waals surface area contributed by atoms with Crippen LogP contribution < -0.4 is 5.32 Å². The number of hydrogen-bond donors (Lipinski definition) is 2. The Morgan fingerprint density at radius 3 is 2.92 bits per heavy atom. The third kappa shape index (κ3) is 3.27. The van der Waals surface area contributed by atoms with Crippen LogP contribution in [0.3, 0.4) is 0 Å².